The summed E-state index contributed by atoms with van der Waals surface area (Å²) in [5.74, 6) is -0.574. The van der Waals surface area contributed by atoms with Crippen LogP contribution in [-0.2, 0) is 6.42 Å². The van der Waals surface area contributed by atoms with Gasteiger partial charge in [0.15, 0.2) is 0 Å². The van der Waals surface area contributed by atoms with Crippen LogP contribution in [0.25, 0.3) is 0 Å². The summed E-state index contributed by atoms with van der Waals surface area (Å²) in [6, 6.07) is 11.9. The molecule has 2 aromatic rings. The third-order valence-electron chi connectivity index (χ3n) is 3.96. The van der Waals surface area contributed by atoms with E-state index in [1.165, 1.54) is 12.1 Å². The van der Waals surface area contributed by atoms with E-state index < -0.39 is 5.82 Å². The summed E-state index contributed by atoms with van der Waals surface area (Å²) in [6.07, 6.45) is 0.545. The molecule has 0 aliphatic rings. The van der Waals surface area contributed by atoms with Gasteiger partial charge < -0.3 is 0 Å². The Labute approximate surface area is 130 Å². The number of hydrogen-bond donors (Lipinski definition) is 0. The van der Waals surface area contributed by atoms with Gasteiger partial charge in [0.1, 0.15) is 17.7 Å². The first-order chi connectivity index (χ1) is 10.4. The van der Waals surface area contributed by atoms with Gasteiger partial charge in [0, 0.05) is 0 Å². The van der Waals surface area contributed by atoms with E-state index in [2.05, 4.69) is 0 Å². The van der Waals surface area contributed by atoms with Crippen molar-refractivity contribution in [2.45, 2.75) is 39.0 Å². The molecule has 0 amide bonds. The van der Waals surface area contributed by atoms with Crippen LogP contribution in [0.4, 0.5) is 8.78 Å². The fourth-order valence-electron chi connectivity index (χ4n) is 2.61. The van der Waals surface area contributed by atoms with E-state index in [1.807, 2.05) is 32.9 Å². The number of nitriles is 1. The monoisotopic (exact) mass is 299 g/mol. The molecule has 22 heavy (non-hydrogen) atoms. The topological polar surface area (TPSA) is 23.8 Å². The third kappa shape index (κ3) is 3.33. The molecule has 0 aliphatic heterocycles. The Hall–Kier alpha value is -2.21. The van der Waals surface area contributed by atoms with Crippen molar-refractivity contribution in [1.29, 1.82) is 5.26 Å². The molecule has 1 atom stereocenters. The largest absolute Gasteiger partial charge is 0.207 e. The first-order valence-electron chi connectivity index (χ1n) is 7.40. The van der Waals surface area contributed by atoms with Gasteiger partial charge >= 0.3 is 0 Å². The summed E-state index contributed by atoms with van der Waals surface area (Å²) >= 11 is 0. The predicted octanol–water partition coefficient (Wildman–Crippen LogP) is 5.31. The normalized spacial score (nSPS) is 12.2. The summed E-state index contributed by atoms with van der Waals surface area (Å²) < 4.78 is 27.4. The minimum absolute atomic E-state index is 0.0377. The molecule has 0 heterocycles. The van der Waals surface area contributed by atoms with Gasteiger partial charge in [-0.25, -0.2) is 8.78 Å². The average Bonchev–Trinajstić information content (AvgIpc) is 2.47. The number of rotatable bonds is 4. The molecule has 3 heteroatoms. The maximum atomic E-state index is 14.4. The number of benzene rings is 2. The lowest BCUT2D eigenvalue weighted by atomic mass is 9.89. The Balaban J connectivity index is 2.32. The highest BCUT2D eigenvalue weighted by molar-refractivity contribution is 5.44. The fourth-order valence-corrected chi connectivity index (χ4v) is 2.61. The first-order valence-corrected chi connectivity index (χ1v) is 7.40. The third-order valence-corrected chi connectivity index (χ3v) is 3.96. The minimum atomic E-state index is -0.415. The fraction of sp³-hybridized carbons (Fsp3) is 0.316. The van der Waals surface area contributed by atoms with Crippen LogP contribution in [0, 0.1) is 23.0 Å². The molecule has 0 saturated carbocycles. The van der Waals surface area contributed by atoms with Crippen molar-refractivity contribution in [2.24, 2.45) is 0 Å². The van der Waals surface area contributed by atoms with Crippen LogP contribution >= 0.6 is 0 Å². The van der Waals surface area contributed by atoms with Gasteiger partial charge in [0.25, 0.3) is 0 Å². The standard InChI is InChI=1S/C19H19F2N/c1-12(2)17-9-6-15(18(11-22)19(17)21)10-13(3)14-4-7-16(20)8-5-14/h4-9,12-13H,10H2,1-3H3. The van der Waals surface area contributed by atoms with Crippen molar-refractivity contribution in [1.82, 2.24) is 0 Å². The maximum Gasteiger partial charge on any atom is 0.144 e. The molecule has 0 aromatic heterocycles. The van der Waals surface area contributed by atoms with E-state index in [9.17, 15) is 14.0 Å². The van der Waals surface area contributed by atoms with Crippen molar-refractivity contribution < 1.29 is 8.78 Å². The van der Waals surface area contributed by atoms with E-state index >= 15 is 0 Å². The first kappa shape index (κ1) is 16.2. The SMILES string of the molecule is CC(C)c1ccc(CC(C)c2ccc(F)cc2)c(C#N)c1F. The second kappa shape index (κ2) is 6.70. The zero-order valence-electron chi connectivity index (χ0n) is 13.0. The summed E-state index contributed by atoms with van der Waals surface area (Å²) in [5, 5.41) is 9.29. The molecule has 0 N–H and O–H groups in total. The van der Waals surface area contributed by atoms with E-state index in [-0.39, 0.29) is 23.2 Å². The highest BCUT2D eigenvalue weighted by atomic mass is 19.1. The lowest BCUT2D eigenvalue weighted by Gasteiger charge is -2.16. The number of hydrogen-bond acceptors (Lipinski definition) is 1. The Morgan fingerprint density at radius 3 is 2.18 bits per heavy atom. The zero-order valence-corrected chi connectivity index (χ0v) is 13.0. The molecule has 1 nitrogen and oxygen atoms in total. The van der Waals surface area contributed by atoms with Crippen molar-refractivity contribution >= 4 is 0 Å². The van der Waals surface area contributed by atoms with Gasteiger partial charge in [-0.15, -0.1) is 0 Å². The van der Waals surface area contributed by atoms with Crippen molar-refractivity contribution in [3.05, 3.63) is 70.3 Å². The molecular weight excluding hydrogens is 280 g/mol. The summed E-state index contributed by atoms with van der Waals surface area (Å²) in [6.45, 7) is 5.80. The van der Waals surface area contributed by atoms with Gasteiger partial charge in [0.2, 0.25) is 0 Å². The van der Waals surface area contributed by atoms with Crippen molar-refractivity contribution in [2.75, 3.05) is 0 Å². The Bertz CT molecular complexity index is 697. The highest BCUT2D eigenvalue weighted by Gasteiger charge is 2.17. The molecule has 1 unspecified atom stereocenters. The molecule has 2 rings (SSSR count). The second-order valence-electron chi connectivity index (χ2n) is 5.93. The minimum Gasteiger partial charge on any atom is -0.207 e. The predicted molar refractivity (Wildman–Crippen MR) is 83.7 cm³/mol. The molecule has 114 valence electrons. The molecule has 2 aromatic carbocycles. The molecule has 0 saturated heterocycles. The van der Waals surface area contributed by atoms with E-state index in [1.54, 1.807) is 18.2 Å². The van der Waals surface area contributed by atoms with Gasteiger partial charge in [-0.1, -0.05) is 45.0 Å². The molecule has 0 bridgehead atoms. The highest BCUT2D eigenvalue weighted by Crippen LogP contribution is 2.27. The molecule has 0 spiro atoms. The van der Waals surface area contributed by atoms with E-state index in [0.717, 1.165) is 5.56 Å². The van der Waals surface area contributed by atoms with Crippen LogP contribution in [0.5, 0.6) is 0 Å². The van der Waals surface area contributed by atoms with Crippen LogP contribution in [-0.4, -0.2) is 0 Å². The zero-order chi connectivity index (χ0) is 16.3. The van der Waals surface area contributed by atoms with Gasteiger partial charge in [-0.3, -0.25) is 0 Å². The van der Waals surface area contributed by atoms with E-state index in [4.69, 9.17) is 0 Å². The lowest BCUT2D eigenvalue weighted by Crippen LogP contribution is -2.05. The number of nitrogens with zero attached hydrogens (tertiary/aromatic N) is 1. The summed E-state index contributed by atoms with van der Waals surface area (Å²) in [4.78, 5) is 0. The summed E-state index contributed by atoms with van der Waals surface area (Å²) in [7, 11) is 0. The van der Waals surface area contributed by atoms with Gasteiger partial charge in [-0.2, -0.15) is 5.26 Å². The average molecular weight is 299 g/mol. The molecule has 0 radical (unpaired) electrons. The van der Waals surface area contributed by atoms with Gasteiger partial charge in [-0.05, 0) is 47.1 Å². The maximum absolute atomic E-state index is 14.4. The molecule has 0 fully saturated rings. The second-order valence-corrected chi connectivity index (χ2v) is 5.93. The van der Waals surface area contributed by atoms with Crippen LogP contribution in [0.15, 0.2) is 36.4 Å². The van der Waals surface area contributed by atoms with Crippen molar-refractivity contribution in [3.8, 4) is 6.07 Å². The van der Waals surface area contributed by atoms with E-state index in [0.29, 0.717) is 17.5 Å². The van der Waals surface area contributed by atoms with Crippen LogP contribution in [0.2, 0.25) is 0 Å². The Kier molecular flexibility index (Phi) is 4.92. The van der Waals surface area contributed by atoms with Crippen LogP contribution < -0.4 is 0 Å². The smallest absolute Gasteiger partial charge is 0.144 e. The molecular formula is C19H19F2N. The lowest BCUT2D eigenvalue weighted by molar-refractivity contribution is 0.590. The quantitative estimate of drug-likeness (QED) is 0.751. The van der Waals surface area contributed by atoms with Crippen LogP contribution in [0.3, 0.4) is 0 Å². The Morgan fingerprint density at radius 1 is 1.00 bits per heavy atom. The Morgan fingerprint density at radius 2 is 1.64 bits per heavy atom. The van der Waals surface area contributed by atoms with Gasteiger partial charge in [0.05, 0.1) is 5.56 Å². The molecule has 0 aliphatic carbocycles. The summed E-state index contributed by atoms with van der Waals surface area (Å²) in [5.41, 5.74) is 2.36. The van der Waals surface area contributed by atoms with Crippen molar-refractivity contribution in [3.63, 3.8) is 0 Å². The number of halogens is 2. The van der Waals surface area contributed by atoms with Crippen LogP contribution in [0.1, 0.15) is 54.9 Å².